The summed E-state index contributed by atoms with van der Waals surface area (Å²) in [4.78, 5) is 9.40. The van der Waals surface area contributed by atoms with Gasteiger partial charge in [-0.25, -0.2) is 4.98 Å². The van der Waals surface area contributed by atoms with Crippen molar-refractivity contribution < 1.29 is 17.6 Å². The standard InChI is InChI=1S/C18H20F3N5O/c1-3-12-4-5-14(27-12)13-8-11(2)6-7-25(13)16-9-15(18(19,20)21)24-17-22-10-23-26(16)17/h4-5,9-11,13H,3,6-8H2,1-2H3/t11-,13+/m1/s1. The third-order valence-electron chi connectivity index (χ3n) is 5.04. The van der Waals surface area contributed by atoms with Crippen LogP contribution in [0.25, 0.3) is 5.78 Å². The molecule has 6 nitrogen and oxygen atoms in total. The van der Waals surface area contributed by atoms with Gasteiger partial charge in [-0.1, -0.05) is 13.8 Å². The van der Waals surface area contributed by atoms with Gasteiger partial charge in [0, 0.05) is 19.0 Å². The van der Waals surface area contributed by atoms with Crippen LogP contribution in [-0.2, 0) is 12.6 Å². The van der Waals surface area contributed by atoms with Crippen molar-refractivity contribution in [3.8, 4) is 0 Å². The van der Waals surface area contributed by atoms with Gasteiger partial charge in [0.15, 0.2) is 5.69 Å². The highest BCUT2D eigenvalue weighted by atomic mass is 19.4. The molecule has 0 N–H and O–H groups in total. The maximum atomic E-state index is 13.3. The summed E-state index contributed by atoms with van der Waals surface area (Å²) in [6, 6.07) is 4.73. The van der Waals surface area contributed by atoms with Crippen LogP contribution in [0.4, 0.5) is 19.0 Å². The van der Waals surface area contributed by atoms with Gasteiger partial charge < -0.3 is 9.32 Å². The minimum Gasteiger partial charge on any atom is -0.464 e. The number of aromatic nitrogens is 4. The lowest BCUT2D eigenvalue weighted by Gasteiger charge is -2.39. The Hall–Kier alpha value is -2.58. The molecule has 0 unspecified atom stereocenters. The smallest absolute Gasteiger partial charge is 0.433 e. The first kappa shape index (κ1) is 17.8. The summed E-state index contributed by atoms with van der Waals surface area (Å²) >= 11 is 0. The summed E-state index contributed by atoms with van der Waals surface area (Å²) < 4.78 is 47.3. The predicted molar refractivity (Wildman–Crippen MR) is 92.4 cm³/mol. The van der Waals surface area contributed by atoms with Crippen LogP contribution in [0, 0.1) is 5.92 Å². The van der Waals surface area contributed by atoms with Gasteiger partial charge in [0.1, 0.15) is 23.7 Å². The number of furan rings is 1. The molecule has 2 atom stereocenters. The molecule has 0 aromatic carbocycles. The molecular weight excluding hydrogens is 359 g/mol. The molecule has 1 aliphatic heterocycles. The fraction of sp³-hybridized carbons (Fsp3) is 0.500. The molecule has 0 aliphatic carbocycles. The zero-order valence-electron chi connectivity index (χ0n) is 15.1. The molecule has 27 heavy (non-hydrogen) atoms. The molecule has 1 aliphatic rings. The number of alkyl halides is 3. The van der Waals surface area contributed by atoms with E-state index in [1.54, 1.807) is 0 Å². The second-order valence-corrected chi connectivity index (χ2v) is 6.97. The molecule has 1 saturated heterocycles. The van der Waals surface area contributed by atoms with Gasteiger partial charge in [0.25, 0.3) is 5.78 Å². The van der Waals surface area contributed by atoms with Crippen LogP contribution in [0.3, 0.4) is 0 Å². The number of hydrogen-bond acceptors (Lipinski definition) is 5. The molecule has 144 valence electrons. The first-order valence-corrected chi connectivity index (χ1v) is 9.00. The minimum atomic E-state index is -4.55. The van der Waals surface area contributed by atoms with E-state index in [1.807, 2.05) is 24.0 Å². The molecule has 3 aromatic rings. The van der Waals surface area contributed by atoms with Crippen molar-refractivity contribution in [2.75, 3.05) is 11.4 Å². The summed E-state index contributed by atoms with van der Waals surface area (Å²) in [5.41, 5.74) is -0.968. The van der Waals surface area contributed by atoms with Gasteiger partial charge in [-0.05, 0) is 30.9 Å². The Labute approximate surface area is 154 Å². The van der Waals surface area contributed by atoms with E-state index >= 15 is 0 Å². The van der Waals surface area contributed by atoms with E-state index in [4.69, 9.17) is 4.42 Å². The van der Waals surface area contributed by atoms with E-state index in [0.717, 1.165) is 36.8 Å². The maximum absolute atomic E-state index is 13.3. The fourth-order valence-corrected chi connectivity index (χ4v) is 3.60. The summed E-state index contributed by atoms with van der Waals surface area (Å²) in [6.07, 6.45) is -0.909. The summed E-state index contributed by atoms with van der Waals surface area (Å²) in [6.45, 7) is 4.75. The van der Waals surface area contributed by atoms with Crippen molar-refractivity contribution in [2.45, 2.75) is 45.3 Å². The lowest BCUT2D eigenvalue weighted by atomic mass is 9.91. The van der Waals surface area contributed by atoms with Crippen molar-refractivity contribution in [2.24, 2.45) is 5.92 Å². The second kappa shape index (κ2) is 6.54. The molecular formula is C18H20F3N5O. The molecule has 1 fully saturated rings. The third kappa shape index (κ3) is 3.26. The number of anilines is 1. The summed E-state index contributed by atoms with van der Waals surface area (Å²) in [5.74, 6) is 2.33. The lowest BCUT2D eigenvalue weighted by Crippen LogP contribution is -2.37. The highest BCUT2D eigenvalue weighted by molar-refractivity contribution is 5.50. The number of nitrogens with zero attached hydrogens (tertiary/aromatic N) is 5. The van der Waals surface area contributed by atoms with E-state index < -0.39 is 11.9 Å². The molecule has 4 rings (SSSR count). The Balaban J connectivity index is 1.83. The zero-order chi connectivity index (χ0) is 19.2. The lowest BCUT2D eigenvalue weighted by molar-refractivity contribution is -0.141. The van der Waals surface area contributed by atoms with Crippen LogP contribution in [0.15, 0.2) is 28.9 Å². The van der Waals surface area contributed by atoms with Gasteiger partial charge in [0.05, 0.1) is 6.04 Å². The Kier molecular flexibility index (Phi) is 4.32. The molecule has 3 aromatic heterocycles. The van der Waals surface area contributed by atoms with E-state index in [0.29, 0.717) is 18.3 Å². The minimum absolute atomic E-state index is 0.0640. The van der Waals surface area contributed by atoms with Crippen molar-refractivity contribution in [3.63, 3.8) is 0 Å². The summed E-state index contributed by atoms with van der Waals surface area (Å²) in [7, 11) is 0. The normalized spacial score (nSPS) is 21.1. The van der Waals surface area contributed by atoms with Gasteiger partial charge >= 0.3 is 6.18 Å². The molecule has 0 saturated carbocycles. The first-order valence-electron chi connectivity index (χ1n) is 9.00. The van der Waals surface area contributed by atoms with Crippen LogP contribution in [0.2, 0.25) is 0 Å². The van der Waals surface area contributed by atoms with E-state index in [-0.39, 0.29) is 11.8 Å². The molecule has 0 bridgehead atoms. The van der Waals surface area contributed by atoms with Crippen molar-refractivity contribution >= 4 is 11.6 Å². The second-order valence-electron chi connectivity index (χ2n) is 6.97. The van der Waals surface area contributed by atoms with E-state index in [2.05, 4.69) is 22.0 Å². The van der Waals surface area contributed by atoms with Crippen LogP contribution in [0.1, 0.15) is 49.9 Å². The fourth-order valence-electron chi connectivity index (χ4n) is 3.60. The topological polar surface area (TPSA) is 59.5 Å². The largest absolute Gasteiger partial charge is 0.464 e. The third-order valence-corrected chi connectivity index (χ3v) is 5.04. The van der Waals surface area contributed by atoms with Crippen LogP contribution >= 0.6 is 0 Å². The number of rotatable bonds is 3. The molecule has 0 spiro atoms. The SMILES string of the molecule is CCc1ccc([C@@H]2C[C@H](C)CCN2c2cc(C(F)(F)F)nc3ncnn23)o1. The first-order chi connectivity index (χ1) is 12.9. The van der Waals surface area contributed by atoms with Gasteiger partial charge in [-0.3, -0.25) is 0 Å². The van der Waals surface area contributed by atoms with Crippen molar-refractivity contribution in [1.29, 1.82) is 0 Å². The monoisotopic (exact) mass is 379 g/mol. The Morgan fingerprint density at radius 2 is 2.11 bits per heavy atom. The summed E-state index contributed by atoms with van der Waals surface area (Å²) in [5, 5.41) is 4.09. The molecule has 0 radical (unpaired) electrons. The average Bonchev–Trinajstić information content (AvgIpc) is 3.29. The van der Waals surface area contributed by atoms with E-state index in [1.165, 1.54) is 10.8 Å². The van der Waals surface area contributed by atoms with Crippen molar-refractivity contribution in [3.05, 3.63) is 41.7 Å². The van der Waals surface area contributed by atoms with Gasteiger partial charge in [0.2, 0.25) is 0 Å². The Morgan fingerprint density at radius 1 is 1.30 bits per heavy atom. The predicted octanol–water partition coefficient (Wildman–Crippen LogP) is 4.28. The molecule has 0 amide bonds. The number of halogens is 3. The Bertz CT molecular complexity index is 948. The number of piperidine rings is 1. The Morgan fingerprint density at radius 3 is 2.81 bits per heavy atom. The van der Waals surface area contributed by atoms with E-state index in [9.17, 15) is 13.2 Å². The van der Waals surface area contributed by atoms with Gasteiger partial charge in [-0.2, -0.15) is 27.8 Å². The molecule has 9 heteroatoms. The van der Waals surface area contributed by atoms with Crippen LogP contribution in [0.5, 0.6) is 0 Å². The van der Waals surface area contributed by atoms with Crippen molar-refractivity contribution in [1.82, 2.24) is 19.6 Å². The highest BCUT2D eigenvalue weighted by Crippen LogP contribution is 2.39. The van der Waals surface area contributed by atoms with Gasteiger partial charge in [-0.15, -0.1) is 0 Å². The van der Waals surface area contributed by atoms with Crippen LogP contribution in [-0.4, -0.2) is 26.1 Å². The number of fused-ring (bicyclic) bond motifs is 1. The maximum Gasteiger partial charge on any atom is 0.433 e. The molecule has 4 heterocycles. The number of hydrogen-bond donors (Lipinski definition) is 0. The average molecular weight is 379 g/mol. The zero-order valence-corrected chi connectivity index (χ0v) is 15.1. The number of aryl methyl sites for hydroxylation is 1. The quantitative estimate of drug-likeness (QED) is 0.680. The van der Waals surface area contributed by atoms with Crippen LogP contribution < -0.4 is 4.90 Å². The highest BCUT2D eigenvalue weighted by Gasteiger charge is 2.37.